The van der Waals surface area contributed by atoms with E-state index in [4.69, 9.17) is 0 Å². The molecular formula is C15H15Br2NO2S. The van der Waals surface area contributed by atoms with Crippen molar-refractivity contribution in [1.29, 1.82) is 0 Å². The molecule has 0 saturated carbocycles. The smallest absolute Gasteiger partial charge is 0.256 e. The van der Waals surface area contributed by atoms with Crippen molar-refractivity contribution in [3.8, 4) is 5.75 Å². The van der Waals surface area contributed by atoms with Crippen LogP contribution in [0.4, 0.5) is 0 Å². The zero-order chi connectivity index (χ0) is 15.6. The highest BCUT2D eigenvalue weighted by Crippen LogP contribution is 2.34. The number of hydrogen-bond donors (Lipinski definition) is 1. The minimum absolute atomic E-state index is 0.0258. The number of thiophene rings is 1. The molecule has 1 unspecified atom stereocenters. The number of carbonyl (C=O) groups is 1. The van der Waals surface area contributed by atoms with E-state index in [1.165, 1.54) is 11.3 Å². The van der Waals surface area contributed by atoms with Crippen LogP contribution in [-0.4, -0.2) is 22.5 Å². The Morgan fingerprint density at radius 2 is 2.10 bits per heavy atom. The van der Waals surface area contributed by atoms with E-state index in [1.54, 1.807) is 23.1 Å². The third-order valence-electron chi connectivity index (χ3n) is 3.31. The normalized spacial score (nSPS) is 12.2. The molecule has 1 N–H and O–H groups in total. The second kappa shape index (κ2) is 6.94. The molecule has 0 fully saturated rings. The van der Waals surface area contributed by atoms with Crippen LogP contribution in [-0.2, 0) is 0 Å². The van der Waals surface area contributed by atoms with Gasteiger partial charge in [0, 0.05) is 6.54 Å². The third-order valence-corrected chi connectivity index (χ3v) is 5.65. The maximum atomic E-state index is 12.7. The van der Waals surface area contributed by atoms with Gasteiger partial charge in [0.15, 0.2) is 0 Å². The van der Waals surface area contributed by atoms with Crippen molar-refractivity contribution in [2.75, 3.05) is 6.54 Å². The highest BCUT2D eigenvalue weighted by atomic mass is 79.9. The molecule has 0 aliphatic rings. The predicted octanol–water partition coefficient (Wildman–Crippen LogP) is 5.20. The molecule has 1 aromatic heterocycles. The highest BCUT2D eigenvalue weighted by molar-refractivity contribution is 9.12. The zero-order valence-electron chi connectivity index (χ0n) is 11.6. The predicted molar refractivity (Wildman–Crippen MR) is 93.0 cm³/mol. The molecule has 0 aliphatic heterocycles. The largest absolute Gasteiger partial charge is 0.508 e. The fourth-order valence-electron chi connectivity index (χ4n) is 2.20. The lowest BCUT2D eigenvalue weighted by Crippen LogP contribution is -2.33. The Labute approximate surface area is 144 Å². The molecule has 21 heavy (non-hydrogen) atoms. The standard InChI is InChI=1S/C15H15Br2NO2S/c1-3-18(9(2)10-5-4-6-11(19)7-10)15(20)12-8-13(16)21-14(12)17/h4-9,19H,3H2,1-2H3. The van der Waals surface area contributed by atoms with Crippen LogP contribution in [0.2, 0.25) is 0 Å². The summed E-state index contributed by atoms with van der Waals surface area (Å²) in [6.45, 7) is 4.51. The summed E-state index contributed by atoms with van der Waals surface area (Å²) < 4.78 is 1.74. The van der Waals surface area contributed by atoms with E-state index in [9.17, 15) is 9.90 Å². The van der Waals surface area contributed by atoms with E-state index in [2.05, 4.69) is 31.9 Å². The van der Waals surface area contributed by atoms with Gasteiger partial charge in [0.1, 0.15) is 5.75 Å². The fourth-order valence-corrected chi connectivity index (χ4v) is 4.98. The van der Waals surface area contributed by atoms with Crippen LogP contribution >= 0.6 is 43.2 Å². The van der Waals surface area contributed by atoms with Crippen molar-refractivity contribution >= 4 is 49.1 Å². The summed E-state index contributed by atoms with van der Waals surface area (Å²) >= 11 is 8.31. The number of phenols is 1. The minimum Gasteiger partial charge on any atom is -0.508 e. The topological polar surface area (TPSA) is 40.5 Å². The van der Waals surface area contributed by atoms with E-state index in [1.807, 2.05) is 26.0 Å². The minimum atomic E-state index is -0.111. The van der Waals surface area contributed by atoms with Crippen molar-refractivity contribution in [3.05, 3.63) is 49.0 Å². The maximum absolute atomic E-state index is 12.7. The number of carbonyl (C=O) groups excluding carboxylic acids is 1. The van der Waals surface area contributed by atoms with Crippen molar-refractivity contribution in [2.45, 2.75) is 19.9 Å². The molecule has 6 heteroatoms. The Kier molecular flexibility index (Phi) is 5.46. The SMILES string of the molecule is CCN(C(=O)c1cc(Br)sc1Br)C(C)c1cccc(O)c1. The van der Waals surface area contributed by atoms with E-state index < -0.39 is 0 Å². The van der Waals surface area contributed by atoms with Crippen LogP contribution < -0.4 is 0 Å². The quantitative estimate of drug-likeness (QED) is 0.720. The number of halogens is 2. The fraction of sp³-hybridized carbons (Fsp3) is 0.267. The van der Waals surface area contributed by atoms with Crippen molar-refractivity contribution in [1.82, 2.24) is 4.90 Å². The van der Waals surface area contributed by atoms with Crippen LogP contribution in [0, 0.1) is 0 Å². The summed E-state index contributed by atoms with van der Waals surface area (Å²) in [5, 5.41) is 9.60. The summed E-state index contributed by atoms with van der Waals surface area (Å²) in [7, 11) is 0. The molecule has 1 heterocycles. The van der Waals surface area contributed by atoms with Crippen LogP contribution in [0.5, 0.6) is 5.75 Å². The molecule has 1 aromatic carbocycles. The molecule has 2 rings (SSSR count). The molecule has 0 bridgehead atoms. The van der Waals surface area contributed by atoms with Crippen molar-refractivity contribution < 1.29 is 9.90 Å². The van der Waals surface area contributed by atoms with Crippen LogP contribution in [0.1, 0.15) is 35.8 Å². The van der Waals surface area contributed by atoms with Crippen molar-refractivity contribution in [3.63, 3.8) is 0 Å². The Balaban J connectivity index is 2.30. The second-order valence-corrected chi connectivity index (χ2v) is 8.35. The van der Waals surface area contributed by atoms with Crippen molar-refractivity contribution in [2.24, 2.45) is 0 Å². The molecule has 0 saturated heterocycles. The van der Waals surface area contributed by atoms with Gasteiger partial charge in [-0.05, 0) is 69.5 Å². The number of aromatic hydroxyl groups is 1. The van der Waals surface area contributed by atoms with Crippen LogP contribution in [0.3, 0.4) is 0 Å². The number of phenolic OH excluding ortho intramolecular Hbond substituents is 1. The van der Waals surface area contributed by atoms with Gasteiger partial charge in [0.2, 0.25) is 0 Å². The Morgan fingerprint density at radius 3 is 2.62 bits per heavy atom. The molecule has 1 amide bonds. The van der Waals surface area contributed by atoms with Crippen LogP contribution in [0.15, 0.2) is 37.9 Å². The Bertz CT molecular complexity index is 657. The molecule has 0 spiro atoms. The van der Waals surface area contributed by atoms with Gasteiger partial charge in [0.05, 0.1) is 19.2 Å². The molecule has 1 atom stereocenters. The first-order valence-electron chi connectivity index (χ1n) is 6.48. The molecule has 2 aromatic rings. The summed E-state index contributed by atoms with van der Waals surface area (Å²) in [5.41, 5.74) is 1.57. The molecule has 0 aliphatic carbocycles. The number of nitrogens with zero attached hydrogens (tertiary/aromatic N) is 1. The van der Waals surface area contributed by atoms with Crippen LogP contribution in [0.25, 0.3) is 0 Å². The number of hydrogen-bond acceptors (Lipinski definition) is 3. The number of benzene rings is 1. The van der Waals surface area contributed by atoms with E-state index in [0.29, 0.717) is 12.1 Å². The summed E-state index contributed by atoms with van der Waals surface area (Å²) in [6.07, 6.45) is 0. The summed E-state index contributed by atoms with van der Waals surface area (Å²) in [4.78, 5) is 14.5. The summed E-state index contributed by atoms with van der Waals surface area (Å²) in [6, 6.07) is 8.74. The lowest BCUT2D eigenvalue weighted by atomic mass is 10.1. The van der Waals surface area contributed by atoms with E-state index >= 15 is 0 Å². The first-order valence-corrected chi connectivity index (χ1v) is 8.89. The monoisotopic (exact) mass is 431 g/mol. The summed E-state index contributed by atoms with van der Waals surface area (Å²) in [5.74, 6) is 0.185. The van der Waals surface area contributed by atoms with E-state index in [-0.39, 0.29) is 17.7 Å². The number of amides is 1. The lowest BCUT2D eigenvalue weighted by molar-refractivity contribution is 0.0701. The zero-order valence-corrected chi connectivity index (χ0v) is 15.6. The van der Waals surface area contributed by atoms with Gasteiger partial charge in [-0.2, -0.15) is 0 Å². The van der Waals surface area contributed by atoms with E-state index in [0.717, 1.165) is 13.1 Å². The first kappa shape index (κ1) is 16.5. The average Bonchev–Trinajstić information content (AvgIpc) is 2.78. The second-order valence-electron chi connectivity index (χ2n) is 4.60. The average molecular weight is 433 g/mol. The third kappa shape index (κ3) is 3.67. The van der Waals surface area contributed by atoms with Gasteiger partial charge in [-0.25, -0.2) is 0 Å². The molecule has 3 nitrogen and oxygen atoms in total. The van der Waals surface area contributed by atoms with Gasteiger partial charge in [-0.1, -0.05) is 12.1 Å². The first-order chi connectivity index (χ1) is 9.93. The Morgan fingerprint density at radius 1 is 1.38 bits per heavy atom. The number of rotatable bonds is 4. The van der Waals surface area contributed by atoms with Gasteiger partial charge in [0.25, 0.3) is 5.91 Å². The Hall–Kier alpha value is -0.850. The molecular weight excluding hydrogens is 418 g/mol. The molecule has 112 valence electrons. The lowest BCUT2D eigenvalue weighted by Gasteiger charge is -2.28. The van der Waals surface area contributed by atoms with Gasteiger partial charge in [-0.15, -0.1) is 11.3 Å². The molecule has 0 radical (unpaired) electrons. The maximum Gasteiger partial charge on any atom is 0.256 e. The highest BCUT2D eigenvalue weighted by Gasteiger charge is 2.24. The van der Waals surface area contributed by atoms with Gasteiger partial charge >= 0.3 is 0 Å². The van der Waals surface area contributed by atoms with Gasteiger partial charge < -0.3 is 10.0 Å². The van der Waals surface area contributed by atoms with Gasteiger partial charge in [-0.3, -0.25) is 4.79 Å².